The number of nitrogens with one attached hydrogen (secondary N) is 1. The molecule has 0 aliphatic rings. The molecule has 1 amide bonds. The second-order valence-corrected chi connectivity index (χ2v) is 0.627. The molecule has 0 heterocycles. The average molecular weight is 376 g/mol. The maximum atomic E-state index is 9.35. The maximum absolute atomic E-state index is 9.35. The standard InChI is InChI=1S/C2H6N2O.2CH3.W.Y/c3-1-2(4)5;;;;/h1,3H2,(H2,4,5);2*1H3;;/q;2*-1;+2;/p-1. The van der Waals surface area contributed by atoms with Gasteiger partial charge in [0.05, 0.1) is 5.91 Å². The van der Waals surface area contributed by atoms with Gasteiger partial charge in [0.25, 0.3) is 0 Å². The Morgan fingerprint density at radius 1 is 1.44 bits per heavy atom. The monoisotopic (exact) mass is 376 g/mol. The van der Waals surface area contributed by atoms with Gasteiger partial charge in [-0.05, 0) is 0 Å². The SMILES string of the molecule is [CH3-].[CH3-].[NH-]C(=O)CN.[W+2].[Y]. The quantitative estimate of drug-likeness (QED) is 0.675. The van der Waals surface area contributed by atoms with E-state index in [-0.39, 0.29) is 75.2 Å². The minimum atomic E-state index is -0.718. The van der Waals surface area contributed by atoms with Gasteiger partial charge in [-0.3, -0.25) is 0 Å². The van der Waals surface area contributed by atoms with E-state index in [4.69, 9.17) is 5.73 Å². The number of hydrogen-bond acceptors (Lipinski definition) is 2. The molecule has 0 atom stereocenters. The van der Waals surface area contributed by atoms with Crippen LogP contribution in [0.25, 0.3) is 5.73 Å². The molecule has 5 heteroatoms. The smallest absolute Gasteiger partial charge is 0.667 e. The van der Waals surface area contributed by atoms with Crippen LogP contribution in [0.15, 0.2) is 0 Å². The third-order valence-electron chi connectivity index (χ3n) is 0.185. The predicted octanol–water partition coefficient (Wildman–Crippen LogP) is 0.419. The fourth-order valence-electron chi connectivity index (χ4n) is 0. The molecule has 0 aromatic rings. The molecule has 0 saturated carbocycles. The van der Waals surface area contributed by atoms with Gasteiger partial charge < -0.3 is 31.1 Å². The Hall–Kier alpha value is 1.22. The molecule has 0 aromatic carbocycles. The van der Waals surface area contributed by atoms with Gasteiger partial charge in [-0.1, -0.05) is 0 Å². The zero-order valence-electron chi connectivity index (χ0n) is 5.68. The Kier molecular flexibility index (Phi) is 81.0. The molecule has 0 aliphatic heterocycles. The van der Waals surface area contributed by atoms with Gasteiger partial charge in [0.2, 0.25) is 0 Å². The van der Waals surface area contributed by atoms with Crippen LogP contribution in [-0.2, 0) is 58.6 Å². The summed E-state index contributed by atoms with van der Waals surface area (Å²) < 4.78 is 0. The fraction of sp³-hybridized carbons (Fsp3) is 0.250. The van der Waals surface area contributed by atoms with Crippen molar-refractivity contribution in [2.45, 2.75) is 0 Å². The first-order valence-corrected chi connectivity index (χ1v) is 1.22. The second kappa shape index (κ2) is 22.9. The number of nitrogens with two attached hydrogens (primary N) is 1. The summed E-state index contributed by atoms with van der Waals surface area (Å²) in [5.41, 5.74) is 10.7. The van der Waals surface area contributed by atoms with Crippen LogP contribution < -0.4 is 5.73 Å². The van der Waals surface area contributed by atoms with E-state index in [1.165, 1.54) is 0 Å². The maximum Gasteiger partial charge on any atom is 2.00 e. The van der Waals surface area contributed by atoms with Crippen LogP contribution in [0, 0.1) is 14.9 Å². The van der Waals surface area contributed by atoms with E-state index in [9.17, 15) is 4.79 Å². The van der Waals surface area contributed by atoms with E-state index in [0.717, 1.165) is 0 Å². The minimum absolute atomic E-state index is 0. The van der Waals surface area contributed by atoms with Crippen LogP contribution in [0.4, 0.5) is 0 Å². The Bertz CT molecular complexity index is 53.8. The third-order valence-corrected chi connectivity index (χ3v) is 0.185. The van der Waals surface area contributed by atoms with Crippen molar-refractivity contribution >= 4 is 5.91 Å². The zero-order chi connectivity index (χ0) is 4.28. The Morgan fingerprint density at radius 2 is 1.56 bits per heavy atom. The molecule has 0 aliphatic carbocycles. The van der Waals surface area contributed by atoms with Crippen molar-refractivity contribution in [1.82, 2.24) is 0 Å². The molecular formula is C4H11N2OWY-. The molecule has 53 valence electrons. The summed E-state index contributed by atoms with van der Waals surface area (Å²) in [6, 6.07) is 0. The summed E-state index contributed by atoms with van der Waals surface area (Å²) in [5, 5.41) is 0. The van der Waals surface area contributed by atoms with Gasteiger partial charge in [-0.25, -0.2) is 0 Å². The van der Waals surface area contributed by atoms with Gasteiger partial charge >= 0.3 is 21.1 Å². The molecule has 1 radical (unpaired) electrons. The van der Waals surface area contributed by atoms with Crippen molar-refractivity contribution in [3.05, 3.63) is 20.6 Å². The number of rotatable bonds is 1. The van der Waals surface area contributed by atoms with Gasteiger partial charge in [0.1, 0.15) is 0 Å². The van der Waals surface area contributed by atoms with Gasteiger partial charge in [0, 0.05) is 39.3 Å². The van der Waals surface area contributed by atoms with Crippen molar-refractivity contribution in [3.8, 4) is 0 Å². The van der Waals surface area contributed by atoms with E-state index in [0.29, 0.717) is 0 Å². The normalized spacial score (nSPS) is 4.11. The van der Waals surface area contributed by atoms with E-state index in [1.54, 1.807) is 0 Å². The molecule has 0 saturated heterocycles. The van der Waals surface area contributed by atoms with Crippen molar-refractivity contribution < 1.29 is 58.6 Å². The topological polar surface area (TPSA) is 66.9 Å². The summed E-state index contributed by atoms with van der Waals surface area (Å²) in [7, 11) is 0. The van der Waals surface area contributed by atoms with Crippen LogP contribution in [0.2, 0.25) is 0 Å². The van der Waals surface area contributed by atoms with E-state index >= 15 is 0 Å². The summed E-state index contributed by atoms with van der Waals surface area (Å²) in [4.78, 5) is 9.35. The molecular weight excluding hydrogens is 365 g/mol. The van der Waals surface area contributed by atoms with Crippen LogP contribution >= 0.6 is 0 Å². The van der Waals surface area contributed by atoms with Crippen LogP contribution in [0.5, 0.6) is 0 Å². The summed E-state index contributed by atoms with van der Waals surface area (Å²) in [5.74, 6) is -0.718. The molecule has 3 nitrogen and oxygen atoms in total. The molecule has 0 unspecified atom stereocenters. The Balaban J connectivity index is -0.0000000133. The number of amides is 1. The summed E-state index contributed by atoms with van der Waals surface area (Å²) in [6.45, 7) is -0.167. The van der Waals surface area contributed by atoms with E-state index < -0.39 is 5.91 Å². The Morgan fingerprint density at radius 3 is 1.56 bits per heavy atom. The zero-order valence-corrected chi connectivity index (χ0v) is 11.5. The van der Waals surface area contributed by atoms with Crippen LogP contribution in [-0.4, -0.2) is 12.5 Å². The molecule has 3 N–H and O–H groups in total. The predicted molar refractivity (Wildman–Crippen MR) is 31.2 cm³/mol. The summed E-state index contributed by atoms with van der Waals surface area (Å²) in [6.07, 6.45) is 0. The minimum Gasteiger partial charge on any atom is -0.667 e. The first-order chi connectivity index (χ1) is 2.27. The molecule has 9 heavy (non-hydrogen) atoms. The summed E-state index contributed by atoms with van der Waals surface area (Å²) >= 11 is 0. The third kappa shape index (κ3) is 46.3. The second-order valence-electron chi connectivity index (χ2n) is 0.627. The van der Waals surface area contributed by atoms with E-state index in [2.05, 4.69) is 5.73 Å². The number of carbonyl (C=O) groups excluding carboxylic acids is 1. The van der Waals surface area contributed by atoms with Gasteiger partial charge in [0.15, 0.2) is 0 Å². The number of carbonyl (C=O) groups is 1. The van der Waals surface area contributed by atoms with Crippen LogP contribution in [0.1, 0.15) is 0 Å². The van der Waals surface area contributed by atoms with Crippen molar-refractivity contribution in [2.75, 3.05) is 6.54 Å². The van der Waals surface area contributed by atoms with Crippen molar-refractivity contribution in [3.63, 3.8) is 0 Å². The molecule has 0 aromatic heterocycles. The molecule has 0 spiro atoms. The fourth-order valence-corrected chi connectivity index (χ4v) is 0. The Labute approximate surface area is 96.5 Å². The van der Waals surface area contributed by atoms with Crippen molar-refractivity contribution in [2.24, 2.45) is 5.73 Å². The first-order valence-electron chi connectivity index (χ1n) is 1.22. The van der Waals surface area contributed by atoms with E-state index in [1.807, 2.05) is 0 Å². The molecule has 0 rings (SSSR count). The van der Waals surface area contributed by atoms with Crippen molar-refractivity contribution in [1.29, 1.82) is 0 Å². The largest absolute Gasteiger partial charge is 2.00 e. The first kappa shape index (κ1) is 31.9. The van der Waals surface area contributed by atoms with Gasteiger partial charge in [-0.2, -0.15) is 0 Å². The molecule has 0 fully saturated rings. The van der Waals surface area contributed by atoms with Gasteiger partial charge in [-0.15, -0.1) is 0 Å². The molecule has 0 bridgehead atoms. The average Bonchev–Trinajstić information content (AvgIpc) is 1.38. The number of hydrogen-bond donors (Lipinski definition) is 1. The van der Waals surface area contributed by atoms with Crippen LogP contribution in [0.3, 0.4) is 0 Å².